The van der Waals surface area contributed by atoms with Crippen molar-refractivity contribution in [2.24, 2.45) is 5.92 Å². The van der Waals surface area contributed by atoms with Crippen molar-refractivity contribution in [2.45, 2.75) is 19.4 Å². The van der Waals surface area contributed by atoms with Gasteiger partial charge < -0.3 is 0 Å². The van der Waals surface area contributed by atoms with Crippen LogP contribution in [0, 0.1) is 12.8 Å². The minimum atomic E-state index is 0.382. The topological polar surface area (TPSA) is 3.24 Å². The molecular weight excluding hydrogens is 170 g/mol. The highest BCUT2D eigenvalue weighted by atomic mass is 15.1. The van der Waals surface area contributed by atoms with Gasteiger partial charge in [-0.25, -0.2) is 0 Å². The van der Waals surface area contributed by atoms with E-state index < -0.39 is 0 Å². The van der Waals surface area contributed by atoms with Crippen LogP contribution in [0.5, 0.6) is 0 Å². The third-order valence-corrected chi connectivity index (χ3v) is 2.79. The first-order valence-corrected chi connectivity index (χ1v) is 5.36. The molecule has 1 fully saturated rings. The second-order valence-electron chi connectivity index (χ2n) is 4.12. The van der Waals surface area contributed by atoms with Crippen LogP contribution in [-0.4, -0.2) is 18.0 Å². The van der Waals surface area contributed by atoms with Gasteiger partial charge in [0.2, 0.25) is 0 Å². The molecule has 1 unspecified atom stereocenters. The van der Waals surface area contributed by atoms with E-state index in [0.29, 0.717) is 5.92 Å². The second-order valence-corrected chi connectivity index (χ2v) is 4.12. The molecule has 0 spiro atoms. The van der Waals surface area contributed by atoms with Crippen LogP contribution in [0.25, 0.3) is 0 Å². The van der Waals surface area contributed by atoms with Crippen molar-refractivity contribution in [1.82, 2.24) is 4.90 Å². The van der Waals surface area contributed by atoms with E-state index in [4.69, 9.17) is 6.92 Å². The van der Waals surface area contributed by atoms with Crippen molar-refractivity contribution in [3.8, 4) is 0 Å². The van der Waals surface area contributed by atoms with Crippen LogP contribution in [0.15, 0.2) is 30.3 Å². The van der Waals surface area contributed by atoms with Crippen LogP contribution in [0.4, 0.5) is 0 Å². The zero-order valence-corrected chi connectivity index (χ0v) is 8.52. The third-order valence-electron chi connectivity index (χ3n) is 2.79. The van der Waals surface area contributed by atoms with E-state index in [1.165, 1.54) is 24.9 Å². The van der Waals surface area contributed by atoms with E-state index in [0.717, 1.165) is 13.1 Å². The fraction of sp³-hybridized carbons (Fsp3) is 0.462. The van der Waals surface area contributed by atoms with Gasteiger partial charge in [0.25, 0.3) is 0 Å². The van der Waals surface area contributed by atoms with E-state index >= 15 is 0 Å². The molecule has 0 N–H and O–H groups in total. The Balaban J connectivity index is 1.91. The van der Waals surface area contributed by atoms with E-state index in [1.54, 1.807) is 0 Å². The maximum absolute atomic E-state index is 5.94. The van der Waals surface area contributed by atoms with Crippen LogP contribution in [-0.2, 0) is 6.54 Å². The summed E-state index contributed by atoms with van der Waals surface area (Å²) in [6, 6.07) is 10.6. The summed E-state index contributed by atoms with van der Waals surface area (Å²) >= 11 is 0. The molecule has 1 aliphatic heterocycles. The summed E-state index contributed by atoms with van der Waals surface area (Å²) in [7, 11) is 0. The Hall–Kier alpha value is -0.820. The standard InChI is InChI=1S/C13H17N/c1-12-6-5-9-14(10-12)11-13-7-3-2-4-8-13/h1-4,7-8,12H,5-6,9-11H2. The lowest BCUT2D eigenvalue weighted by Crippen LogP contribution is -2.33. The largest absolute Gasteiger partial charge is 0.299 e. The van der Waals surface area contributed by atoms with Gasteiger partial charge in [-0.1, -0.05) is 30.3 Å². The lowest BCUT2D eigenvalue weighted by atomic mass is 10.00. The minimum Gasteiger partial charge on any atom is -0.299 e. The van der Waals surface area contributed by atoms with Gasteiger partial charge in [0, 0.05) is 13.1 Å². The molecule has 0 aliphatic carbocycles. The van der Waals surface area contributed by atoms with E-state index in [9.17, 15) is 0 Å². The Labute approximate surface area is 86.7 Å². The van der Waals surface area contributed by atoms with Crippen molar-refractivity contribution >= 4 is 0 Å². The number of hydrogen-bond donors (Lipinski definition) is 0. The fourth-order valence-electron chi connectivity index (χ4n) is 2.08. The molecule has 1 atom stereocenters. The van der Waals surface area contributed by atoms with Crippen LogP contribution < -0.4 is 0 Å². The highest BCUT2D eigenvalue weighted by molar-refractivity contribution is 5.14. The molecule has 1 aliphatic rings. The van der Waals surface area contributed by atoms with Gasteiger partial charge in [-0.15, -0.1) is 0 Å². The van der Waals surface area contributed by atoms with Crippen molar-refractivity contribution in [2.75, 3.05) is 13.1 Å². The normalized spacial score (nSPS) is 23.6. The zero-order valence-electron chi connectivity index (χ0n) is 8.52. The Bertz CT molecular complexity index is 268. The van der Waals surface area contributed by atoms with Gasteiger partial charge in [0.05, 0.1) is 0 Å². The summed E-state index contributed by atoms with van der Waals surface area (Å²) in [5.74, 6) is 0.382. The van der Waals surface area contributed by atoms with Crippen LogP contribution in [0.3, 0.4) is 0 Å². The summed E-state index contributed by atoms with van der Waals surface area (Å²) in [4.78, 5) is 2.45. The number of piperidine rings is 1. The molecule has 0 amide bonds. The highest BCUT2D eigenvalue weighted by Gasteiger charge is 2.15. The van der Waals surface area contributed by atoms with E-state index in [-0.39, 0.29) is 0 Å². The van der Waals surface area contributed by atoms with Gasteiger partial charge in [-0.3, -0.25) is 4.90 Å². The molecule has 1 aromatic rings. The molecule has 1 heteroatoms. The molecule has 1 heterocycles. The molecule has 2 rings (SSSR count). The predicted octanol–water partition coefficient (Wildman–Crippen LogP) is 2.61. The lowest BCUT2D eigenvalue weighted by molar-refractivity contribution is 0.188. The van der Waals surface area contributed by atoms with Crippen LogP contribution in [0.1, 0.15) is 18.4 Å². The first-order valence-electron chi connectivity index (χ1n) is 5.36. The Morgan fingerprint density at radius 3 is 2.79 bits per heavy atom. The maximum atomic E-state index is 5.94. The van der Waals surface area contributed by atoms with Crippen molar-refractivity contribution < 1.29 is 0 Å². The zero-order chi connectivity index (χ0) is 9.80. The number of likely N-dealkylation sites (tertiary alicyclic amines) is 1. The van der Waals surface area contributed by atoms with Gasteiger partial charge in [-0.05, 0) is 37.8 Å². The molecule has 2 radical (unpaired) electrons. The Kier molecular flexibility index (Phi) is 3.20. The van der Waals surface area contributed by atoms with Crippen molar-refractivity contribution in [3.63, 3.8) is 0 Å². The number of benzene rings is 1. The smallest absolute Gasteiger partial charge is 0.0233 e. The average molecular weight is 187 g/mol. The average Bonchev–Trinajstić information content (AvgIpc) is 2.19. The quantitative estimate of drug-likeness (QED) is 0.688. The minimum absolute atomic E-state index is 0.382. The first-order chi connectivity index (χ1) is 6.84. The highest BCUT2D eigenvalue weighted by Crippen LogP contribution is 2.17. The third kappa shape index (κ3) is 2.58. The molecule has 1 nitrogen and oxygen atoms in total. The summed E-state index contributed by atoms with van der Waals surface area (Å²) < 4.78 is 0. The lowest BCUT2D eigenvalue weighted by Gasteiger charge is -2.30. The summed E-state index contributed by atoms with van der Waals surface area (Å²) in [6.45, 7) is 9.23. The van der Waals surface area contributed by atoms with Crippen molar-refractivity contribution in [3.05, 3.63) is 42.8 Å². The Morgan fingerprint density at radius 1 is 1.29 bits per heavy atom. The van der Waals surface area contributed by atoms with Gasteiger partial charge in [-0.2, -0.15) is 0 Å². The Morgan fingerprint density at radius 2 is 2.07 bits per heavy atom. The summed E-state index contributed by atoms with van der Waals surface area (Å²) in [5, 5.41) is 0. The molecule has 0 bridgehead atoms. The second kappa shape index (κ2) is 4.61. The molecule has 0 aromatic heterocycles. The van der Waals surface area contributed by atoms with Crippen molar-refractivity contribution in [1.29, 1.82) is 0 Å². The first kappa shape index (κ1) is 9.72. The summed E-state index contributed by atoms with van der Waals surface area (Å²) in [6.07, 6.45) is 2.43. The SMILES string of the molecule is [CH]C1CCCN(Cc2ccccc2)C1. The molecular formula is C13H17N. The number of rotatable bonds is 2. The fourth-order valence-corrected chi connectivity index (χ4v) is 2.08. The van der Waals surface area contributed by atoms with E-state index in [1.807, 2.05) is 0 Å². The van der Waals surface area contributed by atoms with Gasteiger partial charge in [0.15, 0.2) is 0 Å². The number of hydrogen-bond acceptors (Lipinski definition) is 1. The maximum Gasteiger partial charge on any atom is 0.0233 e. The molecule has 1 aromatic carbocycles. The summed E-state index contributed by atoms with van der Waals surface area (Å²) in [5.41, 5.74) is 1.39. The van der Waals surface area contributed by atoms with E-state index in [2.05, 4.69) is 35.2 Å². The predicted molar refractivity (Wildman–Crippen MR) is 58.7 cm³/mol. The molecule has 0 saturated carbocycles. The molecule has 74 valence electrons. The molecule has 1 saturated heterocycles. The monoisotopic (exact) mass is 187 g/mol. The van der Waals surface area contributed by atoms with Gasteiger partial charge in [0.1, 0.15) is 0 Å². The van der Waals surface area contributed by atoms with Crippen LogP contribution >= 0.6 is 0 Å². The molecule has 14 heavy (non-hydrogen) atoms. The van der Waals surface area contributed by atoms with Crippen LogP contribution in [0.2, 0.25) is 0 Å². The number of nitrogens with zero attached hydrogens (tertiary/aromatic N) is 1. The van der Waals surface area contributed by atoms with Gasteiger partial charge >= 0.3 is 0 Å².